The molecular weight excluding hydrogens is 338 g/mol. The number of ether oxygens (including phenoxy) is 1. The highest BCUT2D eigenvalue weighted by Crippen LogP contribution is 2.32. The van der Waals surface area contributed by atoms with Gasteiger partial charge in [-0.25, -0.2) is 12.7 Å². The Morgan fingerprint density at radius 2 is 1.64 bits per heavy atom. The van der Waals surface area contributed by atoms with Gasteiger partial charge >= 0.3 is 0 Å². The Morgan fingerprint density at radius 1 is 1.00 bits per heavy atom. The Balaban J connectivity index is 1.58. The summed E-state index contributed by atoms with van der Waals surface area (Å²) in [7, 11) is -3.08. The van der Waals surface area contributed by atoms with E-state index >= 15 is 0 Å². The van der Waals surface area contributed by atoms with Crippen molar-refractivity contribution in [1.29, 1.82) is 0 Å². The first kappa shape index (κ1) is 19.5. The minimum Gasteiger partial charge on any atom is -0.372 e. The van der Waals surface area contributed by atoms with Crippen LogP contribution < -0.4 is 0 Å². The molecule has 0 unspecified atom stereocenters. The van der Waals surface area contributed by atoms with Gasteiger partial charge in [-0.3, -0.25) is 9.80 Å². The highest BCUT2D eigenvalue weighted by Gasteiger charge is 2.42. The van der Waals surface area contributed by atoms with Crippen molar-refractivity contribution in [2.75, 3.05) is 58.7 Å². The first-order chi connectivity index (χ1) is 11.7. The van der Waals surface area contributed by atoms with E-state index in [0.717, 1.165) is 39.1 Å². The van der Waals surface area contributed by atoms with E-state index < -0.39 is 10.0 Å². The van der Waals surface area contributed by atoms with Gasteiger partial charge in [-0.1, -0.05) is 6.42 Å². The molecule has 0 N–H and O–H groups in total. The highest BCUT2D eigenvalue weighted by atomic mass is 32.2. The summed E-state index contributed by atoms with van der Waals surface area (Å²) < 4.78 is 31.3. The topological polar surface area (TPSA) is 53.1 Å². The van der Waals surface area contributed by atoms with Gasteiger partial charge in [0.05, 0.1) is 18.5 Å². The van der Waals surface area contributed by atoms with Crippen molar-refractivity contribution in [3.8, 4) is 0 Å². The summed E-state index contributed by atoms with van der Waals surface area (Å²) in [4.78, 5) is 5.19. The zero-order valence-electron chi connectivity index (χ0n) is 16.2. The molecule has 0 saturated carbocycles. The van der Waals surface area contributed by atoms with Crippen LogP contribution in [0.15, 0.2) is 0 Å². The molecule has 0 atom stereocenters. The van der Waals surface area contributed by atoms with Crippen molar-refractivity contribution in [3.63, 3.8) is 0 Å². The molecule has 0 aliphatic carbocycles. The molecule has 3 saturated heterocycles. The SMILES string of the molecule is CC(C)(CN1CCOC2(CCN(S(C)(=O)=O)CC2)C1)N1CCCCC1. The number of rotatable bonds is 4. The maximum absolute atomic E-state index is 11.8. The third kappa shape index (κ3) is 4.75. The van der Waals surface area contributed by atoms with Gasteiger partial charge in [0, 0.05) is 38.3 Å². The molecule has 0 aromatic carbocycles. The largest absolute Gasteiger partial charge is 0.372 e. The monoisotopic (exact) mass is 373 g/mol. The van der Waals surface area contributed by atoms with Gasteiger partial charge in [0.1, 0.15) is 0 Å². The normalized spacial score (nSPS) is 27.6. The lowest BCUT2D eigenvalue weighted by molar-refractivity contribution is -0.136. The second-order valence-corrected chi connectivity index (χ2v) is 10.7. The summed E-state index contributed by atoms with van der Waals surface area (Å²) in [5, 5.41) is 0. The zero-order chi connectivity index (χ0) is 18.1. The maximum atomic E-state index is 11.8. The van der Waals surface area contributed by atoms with E-state index in [-0.39, 0.29) is 11.1 Å². The van der Waals surface area contributed by atoms with E-state index in [0.29, 0.717) is 13.1 Å². The average Bonchev–Trinajstić information content (AvgIpc) is 2.55. The van der Waals surface area contributed by atoms with Gasteiger partial charge < -0.3 is 4.74 Å². The number of sulfonamides is 1. The van der Waals surface area contributed by atoms with Crippen molar-refractivity contribution < 1.29 is 13.2 Å². The second-order valence-electron chi connectivity index (χ2n) is 8.76. The number of hydrogen-bond acceptors (Lipinski definition) is 5. The molecule has 146 valence electrons. The van der Waals surface area contributed by atoms with Gasteiger partial charge in [0.2, 0.25) is 10.0 Å². The lowest BCUT2D eigenvalue weighted by Gasteiger charge is -2.50. The molecule has 3 aliphatic heterocycles. The first-order valence-electron chi connectivity index (χ1n) is 9.77. The van der Waals surface area contributed by atoms with Crippen LogP contribution >= 0.6 is 0 Å². The van der Waals surface area contributed by atoms with Crippen molar-refractivity contribution in [2.24, 2.45) is 0 Å². The molecular formula is C18H35N3O3S. The van der Waals surface area contributed by atoms with Crippen molar-refractivity contribution in [1.82, 2.24) is 14.1 Å². The van der Waals surface area contributed by atoms with Crippen LogP contribution in [0.5, 0.6) is 0 Å². The second kappa shape index (κ2) is 7.43. The Labute approximate surface area is 153 Å². The van der Waals surface area contributed by atoms with Gasteiger partial charge in [-0.2, -0.15) is 0 Å². The average molecular weight is 374 g/mol. The molecule has 0 radical (unpaired) electrons. The van der Waals surface area contributed by atoms with Crippen molar-refractivity contribution in [2.45, 2.75) is 57.1 Å². The molecule has 3 fully saturated rings. The predicted molar refractivity (Wildman–Crippen MR) is 100 cm³/mol. The molecule has 3 heterocycles. The van der Waals surface area contributed by atoms with Crippen LogP contribution in [0.1, 0.15) is 46.0 Å². The van der Waals surface area contributed by atoms with Gasteiger partial charge in [0.25, 0.3) is 0 Å². The van der Waals surface area contributed by atoms with E-state index in [1.165, 1.54) is 38.6 Å². The van der Waals surface area contributed by atoms with Crippen molar-refractivity contribution >= 4 is 10.0 Å². The van der Waals surface area contributed by atoms with Crippen LogP contribution in [0.2, 0.25) is 0 Å². The Hall–Kier alpha value is -0.210. The van der Waals surface area contributed by atoms with Crippen LogP contribution in [0.3, 0.4) is 0 Å². The maximum Gasteiger partial charge on any atom is 0.211 e. The summed E-state index contributed by atoms with van der Waals surface area (Å²) in [5.74, 6) is 0. The van der Waals surface area contributed by atoms with Crippen LogP contribution in [-0.4, -0.2) is 92.3 Å². The van der Waals surface area contributed by atoms with E-state index in [9.17, 15) is 8.42 Å². The van der Waals surface area contributed by atoms with E-state index in [1.54, 1.807) is 4.31 Å². The molecule has 25 heavy (non-hydrogen) atoms. The molecule has 0 bridgehead atoms. The number of hydrogen-bond donors (Lipinski definition) is 0. The fourth-order valence-electron chi connectivity index (χ4n) is 4.73. The summed E-state index contributed by atoms with van der Waals surface area (Å²) in [5.41, 5.74) is 0.0316. The van der Waals surface area contributed by atoms with E-state index in [1.807, 2.05) is 0 Å². The third-order valence-corrected chi connectivity index (χ3v) is 7.56. The van der Waals surface area contributed by atoms with Crippen LogP contribution in [0.4, 0.5) is 0 Å². The minimum absolute atomic E-state index is 0.155. The standard InChI is InChI=1S/C18H35N3O3S/c1-17(2,20-9-5-4-6-10-20)15-19-13-14-24-18(16-19)7-11-21(12-8-18)25(3,22)23/h4-16H2,1-3H3. The fraction of sp³-hybridized carbons (Fsp3) is 1.00. The minimum atomic E-state index is -3.08. The predicted octanol–water partition coefficient (Wildman–Crippen LogP) is 1.38. The van der Waals surface area contributed by atoms with Gasteiger partial charge in [-0.15, -0.1) is 0 Å². The zero-order valence-corrected chi connectivity index (χ0v) is 17.0. The molecule has 3 aliphatic rings. The summed E-state index contributed by atoms with van der Waals surface area (Å²) in [6.45, 7) is 12.1. The van der Waals surface area contributed by atoms with Crippen LogP contribution in [-0.2, 0) is 14.8 Å². The molecule has 0 aromatic heterocycles. The molecule has 0 amide bonds. The van der Waals surface area contributed by atoms with Gasteiger partial charge in [-0.05, 0) is 52.6 Å². The van der Waals surface area contributed by atoms with Crippen LogP contribution in [0, 0.1) is 0 Å². The quantitative estimate of drug-likeness (QED) is 0.745. The summed E-state index contributed by atoms with van der Waals surface area (Å²) >= 11 is 0. The first-order valence-corrected chi connectivity index (χ1v) is 11.6. The Kier molecular flexibility index (Phi) is 5.81. The smallest absolute Gasteiger partial charge is 0.211 e. The lowest BCUT2D eigenvalue weighted by atomic mass is 9.89. The highest BCUT2D eigenvalue weighted by molar-refractivity contribution is 7.88. The molecule has 3 rings (SSSR count). The van der Waals surface area contributed by atoms with Crippen LogP contribution in [0.25, 0.3) is 0 Å². The Morgan fingerprint density at radius 3 is 2.24 bits per heavy atom. The lowest BCUT2D eigenvalue weighted by Crippen LogP contribution is -2.61. The summed E-state index contributed by atoms with van der Waals surface area (Å²) in [6, 6.07) is 0. The van der Waals surface area contributed by atoms with Gasteiger partial charge in [0.15, 0.2) is 0 Å². The Bertz CT molecular complexity index is 550. The summed E-state index contributed by atoms with van der Waals surface area (Å²) in [6.07, 6.45) is 6.92. The molecule has 1 spiro atoms. The number of nitrogens with zero attached hydrogens (tertiary/aromatic N) is 3. The molecule has 0 aromatic rings. The fourth-order valence-corrected chi connectivity index (χ4v) is 5.58. The number of piperidine rings is 2. The van der Waals surface area contributed by atoms with Crippen molar-refractivity contribution in [3.05, 3.63) is 0 Å². The number of likely N-dealkylation sites (tertiary alicyclic amines) is 1. The van der Waals surface area contributed by atoms with E-state index in [2.05, 4.69) is 23.6 Å². The van der Waals surface area contributed by atoms with E-state index in [4.69, 9.17) is 4.74 Å². The number of morpholine rings is 1. The molecule has 6 nitrogen and oxygen atoms in total. The third-order valence-electron chi connectivity index (χ3n) is 6.25. The molecule has 7 heteroatoms.